The van der Waals surface area contributed by atoms with Crippen molar-refractivity contribution in [3.05, 3.63) is 45.1 Å². The Kier molecular flexibility index (Phi) is 3.97. The summed E-state index contributed by atoms with van der Waals surface area (Å²) >= 11 is 1.64. The van der Waals surface area contributed by atoms with E-state index in [2.05, 4.69) is 11.4 Å². The summed E-state index contributed by atoms with van der Waals surface area (Å²) in [5, 5.41) is 2.94. The van der Waals surface area contributed by atoms with Gasteiger partial charge in [-0.05, 0) is 61.9 Å². The highest BCUT2D eigenvalue weighted by atomic mass is 32.1. The third-order valence-electron chi connectivity index (χ3n) is 4.01. The van der Waals surface area contributed by atoms with Gasteiger partial charge < -0.3 is 11.1 Å². The first-order chi connectivity index (χ1) is 10.1. The lowest BCUT2D eigenvalue weighted by Crippen LogP contribution is -2.10. The van der Waals surface area contributed by atoms with Crippen LogP contribution in [0.3, 0.4) is 0 Å². The first kappa shape index (κ1) is 14.1. The first-order valence-electron chi connectivity index (χ1n) is 7.42. The van der Waals surface area contributed by atoms with Crippen molar-refractivity contribution in [2.75, 3.05) is 11.1 Å². The largest absolute Gasteiger partial charge is 0.398 e. The topological polar surface area (TPSA) is 55.1 Å². The Bertz CT molecular complexity index is 652. The molecule has 0 spiro atoms. The molecule has 0 radical (unpaired) electrons. The monoisotopic (exact) mass is 300 g/mol. The summed E-state index contributed by atoms with van der Waals surface area (Å²) in [6, 6.07) is 7.70. The van der Waals surface area contributed by atoms with E-state index < -0.39 is 0 Å². The smallest absolute Gasteiger partial charge is 0.265 e. The SMILES string of the molecule is Cc1ccc(NC(=O)c2cc3c(s2)CCCCC3)cc1N. The van der Waals surface area contributed by atoms with Gasteiger partial charge in [0.1, 0.15) is 0 Å². The molecule has 1 heterocycles. The van der Waals surface area contributed by atoms with E-state index in [9.17, 15) is 4.79 Å². The number of carbonyl (C=O) groups is 1. The molecule has 21 heavy (non-hydrogen) atoms. The maximum atomic E-state index is 12.4. The van der Waals surface area contributed by atoms with Gasteiger partial charge in [0.25, 0.3) is 5.91 Å². The van der Waals surface area contributed by atoms with Gasteiger partial charge in [-0.3, -0.25) is 4.79 Å². The summed E-state index contributed by atoms with van der Waals surface area (Å²) in [6.45, 7) is 1.96. The van der Waals surface area contributed by atoms with Crippen LogP contribution in [0.2, 0.25) is 0 Å². The molecule has 1 aromatic carbocycles. The molecule has 0 saturated carbocycles. The average molecular weight is 300 g/mol. The maximum Gasteiger partial charge on any atom is 0.265 e. The molecule has 0 bridgehead atoms. The molecule has 3 N–H and O–H groups in total. The quantitative estimate of drug-likeness (QED) is 0.646. The van der Waals surface area contributed by atoms with E-state index in [0.717, 1.165) is 29.0 Å². The molecule has 110 valence electrons. The van der Waals surface area contributed by atoms with Crippen molar-refractivity contribution in [1.82, 2.24) is 0 Å². The molecule has 2 aromatic rings. The molecule has 1 aromatic heterocycles. The Labute approximate surface area is 129 Å². The van der Waals surface area contributed by atoms with Gasteiger partial charge in [0.15, 0.2) is 0 Å². The molecule has 1 amide bonds. The number of nitrogen functional groups attached to an aromatic ring is 1. The summed E-state index contributed by atoms with van der Waals surface area (Å²) in [6.07, 6.45) is 6.00. The van der Waals surface area contributed by atoms with Crippen molar-refractivity contribution in [3.8, 4) is 0 Å². The minimum absolute atomic E-state index is 0.0312. The van der Waals surface area contributed by atoms with E-state index in [0.29, 0.717) is 5.69 Å². The molecule has 1 aliphatic rings. The Morgan fingerprint density at radius 3 is 2.81 bits per heavy atom. The highest BCUT2D eigenvalue weighted by Gasteiger charge is 2.16. The van der Waals surface area contributed by atoms with Crippen molar-refractivity contribution >= 4 is 28.6 Å². The third-order valence-corrected chi connectivity index (χ3v) is 5.24. The standard InChI is InChI=1S/C17H20N2OS/c1-11-7-8-13(10-14(11)18)19-17(20)16-9-12-5-3-2-4-6-15(12)21-16/h7-10H,2-6,18H2,1H3,(H,19,20). The Hall–Kier alpha value is -1.81. The molecule has 4 heteroatoms. The van der Waals surface area contributed by atoms with E-state index in [1.165, 1.54) is 29.7 Å². The molecule has 0 saturated heterocycles. The van der Waals surface area contributed by atoms with Crippen LogP contribution in [0.15, 0.2) is 24.3 Å². The number of amides is 1. The fourth-order valence-corrected chi connectivity index (χ4v) is 3.84. The second kappa shape index (κ2) is 5.90. The molecule has 1 aliphatic carbocycles. The van der Waals surface area contributed by atoms with Gasteiger partial charge in [0, 0.05) is 16.3 Å². The zero-order chi connectivity index (χ0) is 14.8. The molecule has 0 atom stereocenters. The van der Waals surface area contributed by atoms with E-state index >= 15 is 0 Å². The van der Waals surface area contributed by atoms with Crippen LogP contribution < -0.4 is 11.1 Å². The highest BCUT2D eigenvalue weighted by molar-refractivity contribution is 7.14. The van der Waals surface area contributed by atoms with Crippen LogP contribution in [-0.2, 0) is 12.8 Å². The van der Waals surface area contributed by atoms with Crippen LogP contribution in [0, 0.1) is 6.92 Å². The van der Waals surface area contributed by atoms with E-state index in [-0.39, 0.29) is 5.91 Å². The number of nitrogens with one attached hydrogen (secondary N) is 1. The van der Waals surface area contributed by atoms with Gasteiger partial charge >= 0.3 is 0 Å². The zero-order valence-electron chi connectivity index (χ0n) is 12.2. The lowest BCUT2D eigenvalue weighted by Gasteiger charge is -2.06. The van der Waals surface area contributed by atoms with E-state index in [1.54, 1.807) is 11.3 Å². The van der Waals surface area contributed by atoms with Crippen molar-refractivity contribution < 1.29 is 4.79 Å². The number of nitrogens with two attached hydrogens (primary N) is 1. The van der Waals surface area contributed by atoms with Gasteiger partial charge in [-0.2, -0.15) is 0 Å². The summed E-state index contributed by atoms with van der Waals surface area (Å²) < 4.78 is 0. The summed E-state index contributed by atoms with van der Waals surface area (Å²) in [7, 11) is 0. The third kappa shape index (κ3) is 3.10. The molecule has 0 aliphatic heterocycles. The summed E-state index contributed by atoms with van der Waals surface area (Å²) in [4.78, 5) is 14.6. The Morgan fingerprint density at radius 1 is 1.19 bits per heavy atom. The van der Waals surface area contributed by atoms with Crippen LogP contribution in [0.25, 0.3) is 0 Å². The van der Waals surface area contributed by atoms with Crippen molar-refractivity contribution in [2.24, 2.45) is 0 Å². The van der Waals surface area contributed by atoms with Crippen LogP contribution in [0.1, 0.15) is 44.9 Å². The number of aryl methyl sites for hydroxylation is 3. The van der Waals surface area contributed by atoms with Crippen LogP contribution in [-0.4, -0.2) is 5.91 Å². The predicted octanol–water partition coefficient (Wildman–Crippen LogP) is 4.16. The maximum absolute atomic E-state index is 12.4. The summed E-state index contributed by atoms with van der Waals surface area (Å²) in [5.74, 6) is -0.0312. The second-order valence-corrected chi connectivity index (χ2v) is 6.78. The molecule has 0 fully saturated rings. The molecular weight excluding hydrogens is 280 g/mol. The van der Waals surface area contributed by atoms with Gasteiger partial charge in [-0.25, -0.2) is 0 Å². The van der Waals surface area contributed by atoms with Gasteiger partial charge in [-0.15, -0.1) is 11.3 Å². The highest BCUT2D eigenvalue weighted by Crippen LogP contribution is 2.29. The lowest BCUT2D eigenvalue weighted by molar-refractivity contribution is 0.103. The fourth-order valence-electron chi connectivity index (χ4n) is 2.69. The Morgan fingerprint density at radius 2 is 2.00 bits per heavy atom. The number of rotatable bonds is 2. The van der Waals surface area contributed by atoms with Crippen LogP contribution in [0.5, 0.6) is 0 Å². The van der Waals surface area contributed by atoms with E-state index in [4.69, 9.17) is 5.73 Å². The predicted molar refractivity (Wildman–Crippen MR) is 89.1 cm³/mol. The minimum atomic E-state index is -0.0312. The first-order valence-corrected chi connectivity index (χ1v) is 8.24. The fraction of sp³-hybridized carbons (Fsp3) is 0.353. The van der Waals surface area contributed by atoms with Crippen LogP contribution >= 0.6 is 11.3 Å². The van der Waals surface area contributed by atoms with Gasteiger partial charge in [0.05, 0.1) is 4.88 Å². The average Bonchev–Trinajstić information content (AvgIpc) is 2.74. The molecular formula is C17H20N2OS. The summed E-state index contributed by atoms with van der Waals surface area (Å²) in [5.41, 5.74) is 9.73. The Balaban J connectivity index is 1.77. The zero-order valence-corrected chi connectivity index (χ0v) is 13.1. The normalized spacial score (nSPS) is 14.3. The molecule has 3 rings (SSSR count). The van der Waals surface area contributed by atoms with Gasteiger partial charge in [0.2, 0.25) is 0 Å². The number of carbonyl (C=O) groups excluding carboxylic acids is 1. The number of hydrogen-bond donors (Lipinski definition) is 2. The van der Waals surface area contributed by atoms with Crippen molar-refractivity contribution in [2.45, 2.75) is 39.0 Å². The minimum Gasteiger partial charge on any atom is -0.398 e. The van der Waals surface area contributed by atoms with Gasteiger partial charge in [-0.1, -0.05) is 12.5 Å². The molecule has 3 nitrogen and oxygen atoms in total. The van der Waals surface area contributed by atoms with Crippen LogP contribution in [0.4, 0.5) is 11.4 Å². The van der Waals surface area contributed by atoms with Crippen molar-refractivity contribution in [1.29, 1.82) is 0 Å². The number of anilines is 2. The number of benzene rings is 1. The lowest BCUT2D eigenvalue weighted by atomic mass is 10.1. The number of thiophene rings is 1. The van der Waals surface area contributed by atoms with E-state index in [1.807, 2.05) is 25.1 Å². The number of fused-ring (bicyclic) bond motifs is 1. The van der Waals surface area contributed by atoms with Crippen molar-refractivity contribution in [3.63, 3.8) is 0 Å². The second-order valence-electron chi connectivity index (χ2n) is 5.65. The number of hydrogen-bond acceptors (Lipinski definition) is 3. The molecule has 0 unspecified atom stereocenters.